The molecule has 3 N–H and O–H groups in total. The van der Waals surface area contributed by atoms with Gasteiger partial charge in [-0.2, -0.15) is 0 Å². The number of rotatable bonds is 2. The molecule has 0 heterocycles. The molecule has 4 heteroatoms. The number of amides is 1. The lowest BCUT2D eigenvalue weighted by Crippen LogP contribution is -2.49. The van der Waals surface area contributed by atoms with Crippen LogP contribution in [0.1, 0.15) is 32.1 Å². The Kier molecular flexibility index (Phi) is 2.95. The fourth-order valence-electron chi connectivity index (χ4n) is 5.21. The fourth-order valence-corrected chi connectivity index (χ4v) is 5.21. The topological polar surface area (TPSA) is 55.1 Å². The summed E-state index contributed by atoms with van der Waals surface area (Å²) in [6.45, 7) is 0. The van der Waals surface area contributed by atoms with Crippen LogP contribution in [0, 0.1) is 35.4 Å². The molecule has 1 amide bonds. The maximum atomic E-state index is 13.8. The van der Waals surface area contributed by atoms with Crippen molar-refractivity contribution in [2.75, 3.05) is 11.1 Å². The minimum Gasteiger partial charge on any atom is -0.399 e. The van der Waals surface area contributed by atoms with Gasteiger partial charge >= 0.3 is 0 Å². The predicted molar refractivity (Wildman–Crippen MR) is 80.0 cm³/mol. The molecule has 0 saturated heterocycles. The summed E-state index contributed by atoms with van der Waals surface area (Å²) >= 11 is 0. The van der Waals surface area contributed by atoms with E-state index in [-0.39, 0.29) is 17.5 Å². The molecule has 4 aliphatic rings. The number of hydrogen-bond donors (Lipinski definition) is 2. The van der Waals surface area contributed by atoms with Gasteiger partial charge in [0.2, 0.25) is 5.91 Å². The molecular weight excluding hydrogens is 267 g/mol. The van der Waals surface area contributed by atoms with Crippen molar-refractivity contribution >= 4 is 17.3 Å². The van der Waals surface area contributed by atoms with Gasteiger partial charge < -0.3 is 11.1 Å². The van der Waals surface area contributed by atoms with E-state index >= 15 is 0 Å². The number of halogens is 1. The first-order valence-electron chi connectivity index (χ1n) is 7.96. The summed E-state index contributed by atoms with van der Waals surface area (Å²) < 4.78 is 13.8. The van der Waals surface area contributed by atoms with Crippen LogP contribution in [-0.4, -0.2) is 5.91 Å². The molecular formula is C17H21FN2O. The minimum absolute atomic E-state index is 0.00620. The Balaban J connectivity index is 1.54. The number of carbonyl (C=O) groups excluding carboxylic acids is 1. The summed E-state index contributed by atoms with van der Waals surface area (Å²) in [7, 11) is 0. The Morgan fingerprint density at radius 1 is 1.10 bits per heavy atom. The van der Waals surface area contributed by atoms with Crippen LogP contribution < -0.4 is 11.1 Å². The number of nitrogen functional groups attached to an aromatic ring is 1. The highest BCUT2D eigenvalue weighted by atomic mass is 19.1. The molecule has 4 saturated carbocycles. The average molecular weight is 288 g/mol. The zero-order valence-corrected chi connectivity index (χ0v) is 12.0. The molecule has 112 valence electrons. The molecule has 4 bridgehead atoms. The first-order chi connectivity index (χ1) is 10.1. The molecule has 4 aliphatic carbocycles. The van der Waals surface area contributed by atoms with Crippen LogP contribution in [0.4, 0.5) is 15.8 Å². The summed E-state index contributed by atoms with van der Waals surface area (Å²) in [5.74, 6) is 2.32. The Morgan fingerprint density at radius 2 is 1.71 bits per heavy atom. The third kappa shape index (κ3) is 2.21. The van der Waals surface area contributed by atoms with Crippen molar-refractivity contribution in [3.8, 4) is 0 Å². The van der Waals surface area contributed by atoms with Gasteiger partial charge in [-0.25, -0.2) is 4.39 Å². The van der Waals surface area contributed by atoms with Gasteiger partial charge in [-0.3, -0.25) is 4.79 Å². The first kappa shape index (κ1) is 13.1. The Morgan fingerprint density at radius 3 is 2.33 bits per heavy atom. The number of carbonyl (C=O) groups is 1. The van der Waals surface area contributed by atoms with Crippen LogP contribution in [0.2, 0.25) is 0 Å². The number of anilines is 2. The van der Waals surface area contributed by atoms with Crippen LogP contribution in [-0.2, 0) is 4.79 Å². The molecule has 21 heavy (non-hydrogen) atoms. The monoisotopic (exact) mass is 288 g/mol. The average Bonchev–Trinajstić information content (AvgIpc) is 2.41. The van der Waals surface area contributed by atoms with E-state index in [4.69, 9.17) is 5.73 Å². The molecule has 4 fully saturated rings. The highest BCUT2D eigenvalue weighted by molar-refractivity contribution is 5.93. The van der Waals surface area contributed by atoms with Gasteiger partial charge in [0.15, 0.2) is 0 Å². The zero-order chi connectivity index (χ0) is 14.6. The highest BCUT2D eigenvalue weighted by Crippen LogP contribution is 2.56. The predicted octanol–water partition coefficient (Wildman–Crippen LogP) is 3.42. The number of hydrogen-bond acceptors (Lipinski definition) is 2. The Bertz CT molecular complexity index is 558. The highest BCUT2D eigenvalue weighted by Gasteiger charge is 2.50. The van der Waals surface area contributed by atoms with Crippen molar-refractivity contribution < 1.29 is 9.18 Å². The van der Waals surface area contributed by atoms with E-state index in [0.29, 0.717) is 17.5 Å². The van der Waals surface area contributed by atoms with Crippen LogP contribution in [0.15, 0.2) is 18.2 Å². The minimum atomic E-state index is -0.415. The van der Waals surface area contributed by atoms with E-state index in [1.165, 1.54) is 50.3 Å². The third-order valence-corrected chi connectivity index (χ3v) is 5.78. The van der Waals surface area contributed by atoms with Crippen molar-refractivity contribution in [3.05, 3.63) is 24.0 Å². The maximum Gasteiger partial charge on any atom is 0.228 e. The van der Waals surface area contributed by atoms with Gasteiger partial charge in [-0.05, 0) is 74.0 Å². The lowest BCUT2D eigenvalue weighted by Gasteiger charge is -2.53. The van der Waals surface area contributed by atoms with Crippen LogP contribution in [0.5, 0.6) is 0 Å². The van der Waals surface area contributed by atoms with Crippen molar-refractivity contribution in [1.82, 2.24) is 0 Å². The van der Waals surface area contributed by atoms with E-state index in [9.17, 15) is 9.18 Å². The molecule has 0 aliphatic heterocycles. The van der Waals surface area contributed by atoms with Gasteiger partial charge in [0.05, 0.1) is 5.69 Å². The standard InChI is InChI=1S/C17H21FN2O/c18-14-2-1-13(19)8-15(14)20-17(21)16-11-4-9-3-10(6-11)7-12(16)5-9/h1-2,8-12,16H,3-7,19H2,(H,20,21). The second-order valence-corrected chi connectivity index (χ2v) is 7.19. The lowest BCUT2D eigenvalue weighted by molar-refractivity contribution is -0.132. The molecule has 5 rings (SSSR count). The molecule has 0 spiro atoms. The van der Waals surface area contributed by atoms with Gasteiger partial charge in [0.1, 0.15) is 5.82 Å². The Hall–Kier alpha value is -1.58. The van der Waals surface area contributed by atoms with Gasteiger partial charge in [-0.15, -0.1) is 0 Å². The van der Waals surface area contributed by atoms with Crippen molar-refractivity contribution in [1.29, 1.82) is 0 Å². The summed E-state index contributed by atoms with van der Waals surface area (Å²) in [6.07, 6.45) is 6.11. The van der Waals surface area contributed by atoms with Crippen LogP contribution in [0.25, 0.3) is 0 Å². The normalized spacial score (nSPS) is 36.7. The smallest absolute Gasteiger partial charge is 0.228 e. The number of nitrogens with one attached hydrogen (secondary N) is 1. The fraction of sp³-hybridized carbons (Fsp3) is 0.588. The largest absolute Gasteiger partial charge is 0.399 e. The Labute approximate surface area is 124 Å². The lowest BCUT2D eigenvalue weighted by atomic mass is 9.51. The second kappa shape index (κ2) is 4.72. The SMILES string of the molecule is Nc1ccc(F)c(NC(=O)C2C3CC4CC(C3)CC2C4)c1. The molecule has 1 aromatic carbocycles. The van der Waals surface area contributed by atoms with Crippen LogP contribution >= 0.6 is 0 Å². The molecule has 3 nitrogen and oxygen atoms in total. The third-order valence-electron chi connectivity index (χ3n) is 5.78. The molecule has 0 atom stereocenters. The van der Waals surface area contributed by atoms with E-state index in [2.05, 4.69) is 5.32 Å². The maximum absolute atomic E-state index is 13.8. The van der Waals surface area contributed by atoms with Gasteiger partial charge in [-0.1, -0.05) is 0 Å². The molecule has 0 unspecified atom stereocenters. The molecule has 0 aromatic heterocycles. The summed E-state index contributed by atoms with van der Waals surface area (Å²) in [5, 5.41) is 2.79. The van der Waals surface area contributed by atoms with Crippen molar-refractivity contribution in [2.45, 2.75) is 32.1 Å². The van der Waals surface area contributed by atoms with E-state index < -0.39 is 5.82 Å². The molecule has 0 radical (unpaired) electrons. The van der Waals surface area contributed by atoms with E-state index in [0.717, 1.165) is 11.8 Å². The van der Waals surface area contributed by atoms with Crippen molar-refractivity contribution in [2.24, 2.45) is 29.6 Å². The summed E-state index contributed by atoms with van der Waals surface area (Å²) in [6, 6.07) is 4.32. The van der Waals surface area contributed by atoms with Gasteiger partial charge in [0, 0.05) is 11.6 Å². The summed E-state index contributed by atoms with van der Waals surface area (Å²) in [5.41, 5.74) is 6.37. The van der Waals surface area contributed by atoms with Crippen molar-refractivity contribution in [3.63, 3.8) is 0 Å². The first-order valence-corrected chi connectivity index (χ1v) is 7.96. The van der Waals surface area contributed by atoms with E-state index in [1.807, 2.05) is 0 Å². The number of nitrogens with two attached hydrogens (primary N) is 1. The molecule has 1 aromatic rings. The van der Waals surface area contributed by atoms with Gasteiger partial charge in [0.25, 0.3) is 0 Å². The summed E-state index contributed by atoms with van der Waals surface area (Å²) in [4.78, 5) is 12.6. The van der Waals surface area contributed by atoms with Crippen LogP contribution in [0.3, 0.4) is 0 Å². The number of benzene rings is 1. The zero-order valence-electron chi connectivity index (χ0n) is 12.0. The quantitative estimate of drug-likeness (QED) is 0.819. The van der Waals surface area contributed by atoms with E-state index in [1.54, 1.807) is 0 Å². The second-order valence-electron chi connectivity index (χ2n) is 7.19.